The Morgan fingerprint density at radius 1 is 1.44 bits per heavy atom. The summed E-state index contributed by atoms with van der Waals surface area (Å²) in [5.41, 5.74) is 2.89. The average Bonchev–Trinajstić information content (AvgIpc) is 2.72. The van der Waals surface area contributed by atoms with E-state index >= 15 is 0 Å². The van der Waals surface area contributed by atoms with Crippen molar-refractivity contribution in [2.24, 2.45) is 0 Å². The van der Waals surface area contributed by atoms with Crippen LogP contribution in [-0.4, -0.2) is 30.1 Å². The van der Waals surface area contributed by atoms with Gasteiger partial charge in [-0.1, -0.05) is 6.92 Å². The van der Waals surface area contributed by atoms with Gasteiger partial charge in [-0.3, -0.25) is 4.79 Å². The third kappa shape index (κ3) is 2.45. The minimum absolute atomic E-state index is 0.541. The largest absolute Gasteiger partial charge is 0.474 e. The average molecular weight is 248 g/mol. The van der Waals surface area contributed by atoms with Crippen molar-refractivity contribution in [3.05, 3.63) is 23.8 Å². The summed E-state index contributed by atoms with van der Waals surface area (Å²) in [4.78, 5) is 23.8. The molecule has 0 atom stereocenters. The molecule has 2 rings (SSSR count). The van der Waals surface area contributed by atoms with Crippen molar-refractivity contribution in [2.75, 3.05) is 23.3 Å². The topological polar surface area (TPSA) is 69.6 Å². The van der Waals surface area contributed by atoms with Crippen LogP contribution in [0.4, 0.5) is 11.4 Å². The lowest BCUT2D eigenvalue weighted by Gasteiger charge is -2.18. The predicted octanol–water partition coefficient (Wildman–Crippen LogP) is 1.48. The number of carbonyl (C=O) groups excluding carboxylic acids is 1. The Labute approximate surface area is 105 Å². The van der Waals surface area contributed by atoms with Crippen LogP contribution in [0.5, 0.6) is 0 Å². The highest BCUT2D eigenvalue weighted by Crippen LogP contribution is 2.30. The predicted molar refractivity (Wildman–Crippen MR) is 68.9 cm³/mol. The number of carboxylic acids is 1. The third-order valence-corrected chi connectivity index (χ3v) is 3.02. The number of fused-ring (bicyclic) bond motifs is 1. The second-order valence-electron chi connectivity index (χ2n) is 4.34. The lowest BCUT2D eigenvalue weighted by Crippen LogP contribution is -2.22. The van der Waals surface area contributed by atoms with E-state index in [0.29, 0.717) is 5.69 Å². The first-order valence-electron chi connectivity index (χ1n) is 6.04. The molecule has 1 aliphatic heterocycles. The molecule has 0 spiro atoms. The highest BCUT2D eigenvalue weighted by molar-refractivity contribution is 6.36. The summed E-state index contributed by atoms with van der Waals surface area (Å²) in [6.45, 7) is 4.15. The van der Waals surface area contributed by atoms with Crippen molar-refractivity contribution in [3.8, 4) is 0 Å². The van der Waals surface area contributed by atoms with E-state index < -0.39 is 11.9 Å². The molecule has 1 aromatic rings. The summed E-state index contributed by atoms with van der Waals surface area (Å²) in [5, 5.41) is 10.9. The van der Waals surface area contributed by atoms with Crippen LogP contribution < -0.4 is 10.2 Å². The van der Waals surface area contributed by atoms with E-state index in [4.69, 9.17) is 5.11 Å². The molecule has 2 N–H and O–H groups in total. The molecule has 0 unspecified atom stereocenters. The van der Waals surface area contributed by atoms with Crippen molar-refractivity contribution in [1.82, 2.24) is 0 Å². The third-order valence-electron chi connectivity index (χ3n) is 3.02. The molecule has 0 fully saturated rings. The van der Waals surface area contributed by atoms with Crippen LogP contribution in [0, 0.1) is 0 Å². The maximum absolute atomic E-state index is 11.1. The van der Waals surface area contributed by atoms with Crippen LogP contribution in [0.3, 0.4) is 0 Å². The number of hydrogen-bond acceptors (Lipinski definition) is 3. The van der Waals surface area contributed by atoms with Gasteiger partial charge in [0.1, 0.15) is 0 Å². The SMILES string of the molecule is CCCN1CCc2cc(NC(=O)C(=O)O)ccc21. The minimum atomic E-state index is -1.47. The Hall–Kier alpha value is -2.04. The molecule has 1 aromatic carbocycles. The highest BCUT2D eigenvalue weighted by Gasteiger charge is 2.19. The standard InChI is InChI=1S/C13H16N2O3/c1-2-6-15-7-5-9-8-10(3-4-11(9)15)14-12(16)13(17)18/h3-4,8H,2,5-7H2,1H3,(H,14,16)(H,17,18). The fraction of sp³-hybridized carbons (Fsp3) is 0.385. The van der Waals surface area contributed by atoms with Gasteiger partial charge in [0.05, 0.1) is 0 Å². The van der Waals surface area contributed by atoms with Gasteiger partial charge in [0.2, 0.25) is 0 Å². The molecular formula is C13H16N2O3. The molecule has 0 saturated heterocycles. The van der Waals surface area contributed by atoms with Crippen molar-refractivity contribution in [2.45, 2.75) is 19.8 Å². The zero-order valence-corrected chi connectivity index (χ0v) is 10.3. The number of benzene rings is 1. The minimum Gasteiger partial charge on any atom is -0.474 e. The summed E-state index contributed by atoms with van der Waals surface area (Å²) in [7, 11) is 0. The van der Waals surface area contributed by atoms with Crippen LogP contribution >= 0.6 is 0 Å². The van der Waals surface area contributed by atoms with Crippen molar-refractivity contribution in [1.29, 1.82) is 0 Å². The zero-order chi connectivity index (χ0) is 13.1. The Morgan fingerprint density at radius 3 is 2.89 bits per heavy atom. The Bertz CT molecular complexity index is 485. The lowest BCUT2D eigenvalue weighted by molar-refractivity contribution is -0.147. The number of nitrogens with one attached hydrogen (secondary N) is 1. The van der Waals surface area contributed by atoms with E-state index in [0.717, 1.165) is 31.5 Å². The smallest absolute Gasteiger partial charge is 0.394 e. The number of carboxylic acid groups (broad SMARTS) is 1. The number of carbonyl (C=O) groups is 2. The summed E-state index contributed by atoms with van der Waals surface area (Å²) < 4.78 is 0. The number of aliphatic carboxylic acids is 1. The first-order valence-corrected chi connectivity index (χ1v) is 6.04. The molecule has 1 amide bonds. The molecule has 0 bridgehead atoms. The number of nitrogens with zero attached hydrogens (tertiary/aromatic N) is 1. The van der Waals surface area contributed by atoms with Crippen LogP contribution in [0.25, 0.3) is 0 Å². The van der Waals surface area contributed by atoms with E-state index in [1.807, 2.05) is 12.1 Å². The van der Waals surface area contributed by atoms with Gasteiger partial charge in [-0.05, 0) is 36.6 Å². The molecule has 0 aromatic heterocycles. The Kier molecular flexibility index (Phi) is 3.50. The van der Waals surface area contributed by atoms with Gasteiger partial charge in [-0.25, -0.2) is 4.79 Å². The van der Waals surface area contributed by atoms with Crippen molar-refractivity contribution in [3.63, 3.8) is 0 Å². The molecule has 1 aliphatic rings. The number of rotatable bonds is 3. The van der Waals surface area contributed by atoms with E-state index in [9.17, 15) is 9.59 Å². The van der Waals surface area contributed by atoms with E-state index in [1.54, 1.807) is 6.07 Å². The first kappa shape index (κ1) is 12.4. The van der Waals surface area contributed by atoms with Gasteiger partial charge in [-0.2, -0.15) is 0 Å². The lowest BCUT2D eigenvalue weighted by atomic mass is 10.1. The molecular weight excluding hydrogens is 232 g/mol. The molecule has 0 aliphatic carbocycles. The van der Waals surface area contributed by atoms with Crippen molar-refractivity contribution >= 4 is 23.3 Å². The normalized spacial score (nSPS) is 13.3. The number of anilines is 2. The summed E-state index contributed by atoms with van der Waals surface area (Å²) in [5.74, 6) is -2.47. The molecule has 96 valence electrons. The van der Waals surface area contributed by atoms with Crippen LogP contribution in [0.2, 0.25) is 0 Å². The molecule has 5 nitrogen and oxygen atoms in total. The van der Waals surface area contributed by atoms with E-state index in [2.05, 4.69) is 17.1 Å². The van der Waals surface area contributed by atoms with Gasteiger partial charge in [0, 0.05) is 24.5 Å². The molecule has 0 radical (unpaired) electrons. The fourth-order valence-electron chi connectivity index (χ4n) is 2.23. The monoisotopic (exact) mass is 248 g/mol. The molecule has 0 saturated carbocycles. The second kappa shape index (κ2) is 5.08. The maximum atomic E-state index is 11.1. The molecule has 5 heteroatoms. The maximum Gasteiger partial charge on any atom is 0.394 e. The van der Waals surface area contributed by atoms with E-state index in [1.165, 1.54) is 5.69 Å². The van der Waals surface area contributed by atoms with Crippen LogP contribution in [0.15, 0.2) is 18.2 Å². The summed E-state index contributed by atoms with van der Waals surface area (Å²) in [6, 6.07) is 5.54. The van der Waals surface area contributed by atoms with Crippen LogP contribution in [0.1, 0.15) is 18.9 Å². The number of amides is 1. The molecule has 18 heavy (non-hydrogen) atoms. The summed E-state index contributed by atoms with van der Waals surface area (Å²) >= 11 is 0. The Balaban J connectivity index is 2.14. The summed E-state index contributed by atoms with van der Waals surface area (Å²) in [6.07, 6.45) is 2.03. The van der Waals surface area contributed by atoms with Gasteiger partial charge >= 0.3 is 11.9 Å². The Morgan fingerprint density at radius 2 is 2.22 bits per heavy atom. The highest BCUT2D eigenvalue weighted by atomic mass is 16.4. The van der Waals surface area contributed by atoms with Crippen molar-refractivity contribution < 1.29 is 14.7 Å². The van der Waals surface area contributed by atoms with Gasteiger partial charge < -0.3 is 15.3 Å². The number of hydrogen-bond donors (Lipinski definition) is 2. The van der Waals surface area contributed by atoms with Gasteiger partial charge in [0.15, 0.2) is 0 Å². The van der Waals surface area contributed by atoms with Gasteiger partial charge in [-0.15, -0.1) is 0 Å². The first-order chi connectivity index (χ1) is 8.61. The van der Waals surface area contributed by atoms with E-state index in [-0.39, 0.29) is 0 Å². The molecule has 1 heterocycles. The fourth-order valence-corrected chi connectivity index (χ4v) is 2.23. The van der Waals surface area contributed by atoms with Gasteiger partial charge in [0.25, 0.3) is 0 Å². The zero-order valence-electron chi connectivity index (χ0n) is 10.3. The second-order valence-corrected chi connectivity index (χ2v) is 4.34. The quantitative estimate of drug-likeness (QED) is 0.795. The van der Waals surface area contributed by atoms with Crippen LogP contribution in [-0.2, 0) is 16.0 Å².